The van der Waals surface area contributed by atoms with Crippen LogP contribution in [0.4, 0.5) is 0 Å². The Morgan fingerprint density at radius 2 is 1.94 bits per heavy atom. The molecule has 0 radical (unpaired) electrons. The number of hydrogen-bond acceptors (Lipinski definition) is 3. The maximum atomic E-state index is 10.9. The number of nitrogens with two attached hydrogens (primary N) is 1. The summed E-state index contributed by atoms with van der Waals surface area (Å²) < 4.78 is 0. The zero-order chi connectivity index (χ0) is 12.7. The van der Waals surface area contributed by atoms with Crippen molar-refractivity contribution in [3.05, 3.63) is 0 Å². The zero-order valence-electron chi connectivity index (χ0n) is 11.2. The standard InChI is InChI=1S/C13H27N3O/c1-11-7-12(2)10-16(9-11)6-4-3-5-15-13(17)8-14/h11-12H,3-10,14H2,1-2H3,(H,15,17). The molecule has 0 spiro atoms. The van der Waals surface area contributed by atoms with Crippen molar-refractivity contribution in [3.63, 3.8) is 0 Å². The summed E-state index contributed by atoms with van der Waals surface area (Å²) in [6.45, 7) is 9.16. The molecule has 1 saturated heterocycles. The van der Waals surface area contributed by atoms with Crippen LogP contribution < -0.4 is 11.1 Å². The molecule has 0 saturated carbocycles. The fourth-order valence-corrected chi connectivity index (χ4v) is 2.74. The molecule has 0 aliphatic carbocycles. The van der Waals surface area contributed by atoms with Crippen LogP contribution in [0.25, 0.3) is 0 Å². The number of carbonyl (C=O) groups excluding carboxylic acids is 1. The average Bonchev–Trinajstić information content (AvgIpc) is 2.27. The Labute approximate surface area is 105 Å². The van der Waals surface area contributed by atoms with Gasteiger partial charge in [-0.05, 0) is 37.6 Å². The smallest absolute Gasteiger partial charge is 0.233 e. The van der Waals surface area contributed by atoms with E-state index in [-0.39, 0.29) is 12.5 Å². The van der Waals surface area contributed by atoms with Gasteiger partial charge in [0.2, 0.25) is 5.91 Å². The summed E-state index contributed by atoms with van der Waals surface area (Å²) in [6, 6.07) is 0. The van der Waals surface area contributed by atoms with Crippen LogP contribution in [0.3, 0.4) is 0 Å². The van der Waals surface area contributed by atoms with Gasteiger partial charge >= 0.3 is 0 Å². The topological polar surface area (TPSA) is 58.4 Å². The maximum absolute atomic E-state index is 10.9. The van der Waals surface area contributed by atoms with Crippen LogP contribution in [0.15, 0.2) is 0 Å². The van der Waals surface area contributed by atoms with Crippen LogP contribution in [0.1, 0.15) is 33.1 Å². The lowest BCUT2D eigenvalue weighted by Crippen LogP contribution is -2.39. The van der Waals surface area contributed by atoms with Gasteiger partial charge in [0.25, 0.3) is 0 Å². The Kier molecular flexibility index (Phi) is 6.52. The van der Waals surface area contributed by atoms with E-state index in [1.165, 1.54) is 19.5 Å². The Bertz CT molecular complexity index is 223. The lowest BCUT2D eigenvalue weighted by molar-refractivity contribution is -0.119. The second-order valence-corrected chi connectivity index (χ2v) is 5.47. The molecule has 0 aromatic rings. The molecule has 1 amide bonds. The van der Waals surface area contributed by atoms with E-state index >= 15 is 0 Å². The Hall–Kier alpha value is -0.610. The Morgan fingerprint density at radius 3 is 2.53 bits per heavy atom. The summed E-state index contributed by atoms with van der Waals surface area (Å²) in [7, 11) is 0. The molecule has 3 N–H and O–H groups in total. The van der Waals surface area contributed by atoms with Gasteiger partial charge in [0.15, 0.2) is 0 Å². The Morgan fingerprint density at radius 1 is 1.29 bits per heavy atom. The van der Waals surface area contributed by atoms with Gasteiger partial charge in [-0.25, -0.2) is 0 Å². The van der Waals surface area contributed by atoms with Crippen molar-refractivity contribution in [1.82, 2.24) is 10.2 Å². The zero-order valence-corrected chi connectivity index (χ0v) is 11.2. The van der Waals surface area contributed by atoms with E-state index in [2.05, 4.69) is 24.1 Å². The number of carbonyl (C=O) groups is 1. The first kappa shape index (κ1) is 14.5. The molecule has 0 bridgehead atoms. The van der Waals surface area contributed by atoms with E-state index < -0.39 is 0 Å². The fourth-order valence-electron chi connectivity index (χ4n) is 2.74. The molecule has 1 aliphatic rings. The largest absolute Gasteiger partial charge is 0.355 e. The number of nitrogens with one attached hydrogen (secondary N) is 1. The number of unbranched alkanes of at least 4 members (excludes halogenated alkanes) is 1. The quantitative estimate of drug-likeness (QED) is 0.677. The minimum atomic E-state index is -0.0507. The highest BCUT2D eigenvalue weighted by atomic mass is 16.1. The highest BCUT2D eigenvalue weighted by Crippen LogP contribution is 2.20. The van der Waals surface area contributed by atoms with Gasteiger partial charge in [0.1, 0.15) is 0 Å². The van der Waals surface area contributed by atoms with Crippen LogP contribution in [0.2, 0.25) is 0 Å². The summed E-state index contributed by atoms with van der Waals surface area (Å²) in [5.41, 5.74) is 5.21. The van der Waals surface area contributed by atoms with Gasteiger partial charge in [-0.15, -0.1) is 0 Å². The third kappa shape index (κ3) is 6.03. The molecule has 1 rings (SSSR count). The van der Waals surface area contributed by atoms with E-state index in [4.69, 9.17) is 5.73 Å². The first-order valence-electron chi connectivity index (χ1n) is 6.81. The second-order valence-electron chi connectivity index (χ2n) is 5.47. The maximum Gasteiger partial charge on any atom is 0.233 e. The first-order valence-corrected chi connectivity index (χ1v) is 6.81. The van der Waals surface area contributed by atoms with Gasteiger partial charge in [-0.3, -0.25) is 4.79 Å². The SMILES string of the molecule is CC1CC(C)CN(CCCCNC(=O)CN)C1. The normalized spacial score (nSPS) is 25.8. The fraction of sp³-hybridized carbons (Fsp3) is 0.923. The molecular formula is C13H27N3O. The molecule has 2 atom stereocenters. The van der Waals surface area contributed by atoms with Crippen molar-refractivity contribution in [1.29, 1.82) is 0 Å². The number of hydrogen-bond donors (Lipinski definition) is 2. The summed E-state index contributed by atoms with van der Waals surface area (Å²) in [5, 5.41) is 2.81. The number of rotatable bonds is 6. The van der Waals surface area contributed by atoms with Gasteiger partial charge in [0.05, 0.1) is 6.54 Å². The van der Waals surface area contributed by atoms with Crippen molar-refractivity contribution in [2.75, 3.05) is 32.7 Å². The molecule has 2 unspecified atom stereocenters. The molecule has 17 heavy (non-hydrogen) atoms. The predicted molar refractivity (Wildman–Crippen MR) is 70.7 cm³/mol. The van der Waals surface area contributed by atoms with E-state index in [0.717, 1.165) is 37.8 Å². The summed E-state index contributed by atoms with van der Waals surface area (Å²) in [6.07, 6.45) is 3.57. The van der Waals surface area contributed by atoms with Crippen LogP contribution >= 0.6 is 0 Å². The highest BCUT2D eigenvalue weighted by Gasteiger charge is 2.20. The van der Waals surface area contributed by atoms with Crippen molar-refractivity contribution in [3.8, 4) is 0 Å². The summed E-state index contributed by atoms with van der Waals surface area (Å²) >= 11 is 0. The van der Waals surface area contributed by atoms with Crippen LogP contribution in [0, 0.1) is 11.8 Å². The summed E-state index contributed by atoms with van der Waals surface area (Å²) in [5.74, 6) is 1.61. The summed E-state index contributed by atoms with van der Waals surface area (Å²) in [4.78, 5) is 13.5. The number of piperidine rings is 1. The number of nitrogens with zero attached hydrogens (tertiary/aromatic N) is 1. The van der Waals surface area contributed by atoms with Crippen molar-refractivity contribution in [2.45, 2.75) is 33.1 Å². The van der Waals surface area contributed by atoms with Crippen LogP contribution in [-0.4, -0.2) is 43.5 Å². The van der Waals surface area contributed by atoms with Crippen LogP contribution in [-0.2, 0) is 4.79 Å². The minimum absolute atomic E-state index is 0.0507. The van der Waals surface area contributed by atoms with Crippen molar-refractivity contribution < 1.29 is 4.79 Å². The predicted octanol–water partition coefficient (Wildman–Crippen LogP) is 0.819. The van der Waals surface area contributed by atoms with Gasteiger partial charge in [-0.2, -0.15) is 0 Å². The third-order valence-electron chi connectivity index (χ3n) is 3.35. The molecule has 1 fully saturated rings. The van der Waals surface area contributed by atoms with Crippen molar-refractivity contribution in [2.24, 2.45) is 17.6 Å². The molecule has 0 aromatic heterocycles. The number of amides is 1. The molecule has 4 nitrogen and oxygen atoms in total. The second kappa shape index (κ2) is 7.67. The molecule has 0 aromatic carbocycles. The minimum Gasteiger partial charge on any atom is -0.355 e. The first-order chi connectivity index (χ1) is 8.11. The molecule has 1 aliphatic heterocycles. The molecule has 4 heteroatoms. The monoisotopic (exact) mass is 241 g/mol. The number of likely N-dealkylation sites (tertiary alicyclic amines) is 1. The molecular weight excluding hydrogens is 214 g/mol. The molecule has 100 valence electrons. The Balaban J connectivity index is 2.04. The van der Waals surface area contributed by atoms with Gasteiger partial charge < -0.3 is 16.0 Å². The third-order valence-corrected chi connectivity index (χ3v) is 3.35. The average molecular weight is 241 g/mol. The van der Waals surface area contributed by atoms with E-state index in [9.17, 15) is 4.79 Å². The van der Waals surface area contributed by atoms with E-state index in [1.54, 1.807) is 0 Å². The van der Waals surface area contributed by atoms with Crippen molar-refractivity contribution >= 4 is 5.91 Å². The van der Waals surface area contributed by atoms with E-state index in [0.29, 0.717) is 0 Å². The van der Waals surface area contributed by atoms with Gasteiger partial charge in [-0.1, -0.05) is 13.8 Å². The lowest BCUT2D eigenvalue weighted by Gasteiger charge is -2.34. The lowest BCUT2D eigenvalue weighted by atomic mass is 9.92. The van der Waals surface area contributed by atoms with Crippen LogP contribution in [0.5, 0.6) is 0 Å². The van der Waals surface area contributed by atoms with E-state index in [1.807, 2.05) is 0 Å². The molecule has 1 heterocycles. The highest BCUT2D eigenvalue weighted by molar-refractivity contribution is 5.77. The van der Waals surface area contributed by atoms with Gasteiger partial charge in [0, 0.05) is 19.6 Å².